The van der Waals surface area contributed by atoms with Gasteiger partial charge in [-0.3, -0.25) is 4.79 Å². The van der Waals surface area contributed by atoms with Crippen molar-refractivity contribution in [2.75, 3.05) is 0 Å². The van der Waals surface area contributed by atoms with Gasteiger partial charge in [-0.05, 0) is 18.9 Å². The van der Waals surface area contributed by atoms with Crippen molar-refractivity contribution in [3.05, 3.63) is 23.8 Å². The van der Waals surface area contributed by atoms with Crippen molar-refractivity contribution >= 4 is 5.78 Å². The highest BCUT2D eigenvalue weighted by molar-refractivity contribution is 5.99. The molecule has 0 unspecified atom stereocenters. The summed E-state index contributed by atoms with van der Waals surface area (Å²) >= 11 is 0. The second-order valence-electron chi connectivity index (χ2n) is 2.33. The standard InChI is InChI=1S/C8H10O.C2H6/c1-6-4-3-5-8(9)7(6)2;1-2/h4H,2-3,5H2,1H3;1-2H3. The van der Waals surface area contributed by atoms with Crippen molar-refractivity contribution in [1.29, 1.82) is 0 Å². The molecule has 0 N–H and O–H groups in total. The molecule has 0 aliphatic heterocycles. The van der Waals surface area contributed by atoms with Crippen LogP contribution in [0.2, 0.25) is 0 Å². The van der Waals surface area contributed by atoms with Crippen molar-refractivity contribution in [1.82, 2.24) is 0 Å². The maximum absolute atomic E-state index is 10.9. The molecular weight excluding hydrogens is 136 g/mol. The first-order chi connectivity index (χ1) is 5.22. The van der Waals surface area contributed by atoms with E-state index in [9.17, 15) is 4.79 Å². The molecule has 1 rings (SSSR count). The number of hydrogen-bond donors (Lipinski definition) is 0. The summed E-state index contributed by atoms with van der Waals surface area (Å²) in [6, 6.07) is 0. The predicted octanol–water partition coefficient (Wildman–Crippen LogP) is 2.88. The second-order valence-corrected chi connectivity index (χ2v) is 2.33. The number of Topliss-reactive ketones (excluding diaryl/α,β-unsaturated/α-hetero) is 1. The van der Waals surface area contributed by atoms with Gasteiger partial charge in [0.25, 0.3) is 0 Å². The summed E-state index contributed by atoms with van der Waals surface area (Å²) in [5, 5.41) is 0. The smallest absolute Gasteiger partial charge is 0.162 e. The van der Waals surface area contributed by atoms with Gasteiger partial charge in [-0.1, -0.05) is 26.5 Å². The van der Waals surface area contributed by atoms with Gasteiger partial charge in [-0.2, -0.15) is 0 Å². The number of rotatable bonds is 0. The summed E-state index contributed by atoms with van der Waals surface area (Å²) in [7, 11) is 0. The van der Waals surface area contributed by atoms with E-state index < -0.39 is 0 Å². The Hall–Kier alpha value is -0.850. The van der Waals surface area contributed by atoms with Crippen LogP contribution in [0, 0.1) is 0 Å². The van der Waals surface area contributed by atoms with E-state index in [2.05, 4.69) is 12.7 Å². The van der Waals surface area contributed by atoms with E-state index in [4.69, 9.17) is 0 Å². The molecule has 1 nitrogen and oxygen atoms in total. The van der Waals surface area contributed by atoms with Gasteiger partial charge in [0, 0.05) is 12.0 Å². The lowest BCUT2D eigenvalue weighted by Gasteiger charge is -2.09. The van der Waals surface area contributed by atoms with Crippen LogP contribution in [0.15, 0.2) is 23.8 Å². The van der Waals surface area contributed by atoms with E-state index in [0.29, 0.717) is 12.0 Å². The number of allylic oxidation sites excluding steroid dienone is 3. The zero-order valence-electron chi connectivity index (χ0n) is 7.61. The third-order valence-electron chi connectivity index (χ3n) is 1.63. The Morgan fingerprint density at radius 1 is 1.45 bits per heavy atom. The van der Waals surface area contributed by atoms with E-state index in [-0.39, 0.29) is 5.78 Å². The molecule has 1 aliphatic carbocycles. The minimum absolute atomic E-state index is 0.204. The van der Waals surface area contributed by atoms with Crippen LogP contribution in [0.4, 0.5) is 0 Å². The lowest BCUT2D eigenvalue weighted by atomic mass is 9.95. The zero-order chi connectivity index (χ0) is 8.85. The molecule has 62 valence electrons. The molecule has 0 heterocycles. The van der Waals surface area contributed by atoms with E-state index in [1.807, 2.05) is 20.8 Å². The molecule has 0 bridgehead atoms. The molecule has 0 atom stereocenters. The van der Waals surface area contributed by atoms with Crippen molar-refractivity contribution in [2.24, 2.45) is 0 Å². The minimum atomic E-state index is 0.204. The number of carbonyl (C=O) groups is 1. The third-order valence-corrected chi connectivity index (χ3v) is 1.63. The highest BCUT2D eigenvalue weighted by Gasteiger charge is 2.11. The van der Waals surface area contributed by atoms with Crippen LogP contribution in [0.3, 0.4) is 0 Å². The fourth-order valence-electron chi connectivity index (χ4n) is 0.914. The molecule has 0 amide bonds. The van der Waals surface area contributed by atoms with Crippen LogP contribution < -0.4 is 0 Å². The Kier molecular flexibility index (Phi) is 4.51. The highest BCUT2D eigenvalue weighted by Crippen LogP contribution is 2.17. The Balaban J connectivity index is 0.000000461. The molecule has 11 heavy (non-hydrogen) atoms. The maximum Gasteiger partial charge on any atom is 0.162 e. The Bertz CT molecular complexity index is 187. The molecule has 0 aromatic heterocycles. The second kappa shape index (κ2) is 4.89. The fraction of sp³-hybridized carbons (Fsp3) is 0.500. The molecule has 0 aromatic rings. The van der Waals surface area contributed by atoms with Gasteiger partial charge in [0.1, 0.15) is 0 Å². The molecular formula is C10H16O. The van der Waals surface area contributed by atoms with Gasteiger partial charge in [0.15, 0.2) is 5.78 Å². The van der Waals surface area contributed by atoms with Crippen molar-refractivity contribution in [2.45, 2.75) is 33.6 Å². The molecule has 0 radical (unpaired) electrons. The van der Waals surface area contributed by atoms with Gasteiger partial charge in [-0.15, -0.1) is 0 Å². The van der Waals surface area contributed by atoms with Crippen LogP contribution in [0.25, 0.3) is 0 Å². The monoisotopic (exact) mass is 152 g/mol. The number of hydrogen-bond acceptors (Lipinski definition) is 1. The van der Waals surface area contributed by atoms with Gasteiger partial charge in [0.05, 0.1) is 0 Å². The fourth-order valence-corrected chi connectivity index (χ4v) is 0.914. The lowest BCUT2D eigenvalue weighted by Crippen LogP contribution is -2.06. The van der Waals surface area contributed by atoms with Gasteiger partial charge < -0.3 is 0 Å². The topological polar surface area (TPSA) is 17.1 Å². The van der Waals surface area contributed by atoms with Crippen molar-refractivity contribution in [3.63, 3.8) is 0 Å². The van der Waals surface area contributed by atoms with Crippen LogP contribution in [0.5, 0.6) is 0 Å². The van der Waals surface area contributed by atoms with Crippen molar-refractivity contribution in [3.8, 4) is 0 Å². The molecule has 0 fully saturated rings. The molecule has 0 saturated heterocycles. The Labute approximate surface area is 68.8 Å². The first kappa shape index (κ1) is 10.2. The summed E-state index contributed by atoms with van der Waals surface area (Å²) < 4.78 is 0. The highest BCUT2D eigenvalue weighted by atomic mass is 16.1. The van der Waals surface area contributed by atoms with Gasteiger partial charge in [-0.25, -0.2) is 0 Å². The van der Waals surface area contributed by atoms with Crippen molar-refractivity contribution < 1.29 is 4.79 Å². The first-order valence-corrected chi connectivity index (χ1v) is 4.11. The third kappa shape index (κ3) is 2.71. The van der Waals surface area contributed by atoms with E-state index in [0.717, 1.165) is 12.0 Å². The van der Waals surface area contributed by atoms with E-state index >= 15 is 0 Å². The lowest BCUT2D eigenvalue weighted by molar-refractivity contribution is -0.115. The normalized spacial score (nSPS) is 16.8. The summed E-state index contributed by atoms with van der Waals surface area (Å²) in [6.45, 7) is 9.59. The Morgan fingerprint density at radius 2 is 2.00 bits per heavy atom. The van der Waals surface area contributed by atoms with E-state index in [1.165, 1.54) is 0 Å². The van der Waals surface area contributed by atoms with Crippen LogP contribution in [0.1, 0.15) is 33.6 Å². The summed E-state index contributed by atoms with van der Waals surface area (Å²) in [4.78, 5) is 10.9. The predicted molar refractivity (Wildman–Crippen MR) is 48.5 cm³/mol. The minimum Gasteiger partial charge on any atom is -0.294 e. The summed E-state index contributed by atoms with van der Waals surface area (Å²) in [6.07, 6.45) is 3.60. The molecule has 1 heteroatoms. The van der Waals surface area contributed by atoms with Crippen LogP contribution in [-0.2, 0) is 4.79 Å². The Morgan fingerprint density at radius 3 is 2.36 bits per heavy atom. The molecule has 0 spiro atoms. The average Bonchev–Trinajstić information content (AvgIpc) is 2.04. The molecule has 0 aromatic carbocycles. The number of ketones is 1. The maximum atomic E-state index is 10.9. The van der Waals surface area contributed by atoms with Crippen LogP contribution >= 0.6 is 0 Å². The SMILES string of the molecule is C=C1C(=O)CCC=C1C.CC. The van der Waals surface area contributed by atoms with Crippen LogP contribution in [-0.4, -0.2) is 5.78 Å². The summed E-state index contributed by atoms with van der Waals surface area (Å²) in [5.41, 5.74) is 1.74. The van der Waals surface area contributed by atoms with Gasteiger partial charge >= 0.3 is 0 Å². The molecule has 1 aliphatic rings. The van der Waals surface area contributed by atoms with Gasteiger partial charge in [0.2, 0.25) is 0 Å². The van der Waals surface area contributed by atoms with E-state index in [1.54, 1.807) is 0 Å². The quantitative estimate of drug-likeness (QED) is 0.488. The first-order valence-electron chi connectivity index (χ1n) is 4.11. The average molecular weight is 152 g/mol. The summed E-state index contributed by atoms with van der Waals surface area (Å²) in [5.74, 6) is 0.204. The largest absolute Gasteiger partial charge is 0.294 e. The zero-order valence-corrected chi connectivity index (χ0v) is 7.61. The number of carbonyl (C=O) groups excluding carboxylic acids is 1. The molecule has 0 saturated carbocycles.